The molecule has 1 saturated heterocycles. The lowest BCUT2D eigenvalue weighted by Crippen LogP contribution is -2.86. The second kappa shape index (κ2) is 14.4. The molecular formula is C23H33Cl2N2O2+. The van der Waals surface area contributed by atoms with Crippen molar-refractivity contribution in [3.05, 3.63) is 63.6 Å². The summed E-state index contributed by atoms with van der Waals surface area (Å²) >= 11 is 11.7. The van der Waals surface area contributed by atoms with E-state index in [1.54, 1.807) is 18.2 Å². The fourth-order valence-corrected chi connectivity index (χ4v) is 2.82. The van der Waals surface area contributed by atoms with E-state index in [-0.39, 0.29) is 5.91 Å². The Hall–Kier alpha value is -1.59. The first-order valence-electron chi connectivity index (χ1n) is 10.1. The number of amides is 1. The third-order valence-electron chi connectivity index (χ3n) is 4.23. The van der Waals surface area contributed by atoms with Crippen LogP contribution in [0.15, 0.2) is 42.5 Å². The van der Waals surface area contributed by atoms with Gasteiger partial charge in [0, 0.05) is 24.1 Å². The molecular weight excluding hydrogens is 407 g/mol. The Balaban J connectivity index is 0.000000317. The van der Waals surface area contributed by atoms with E-state index < -0.39 is 0 Å². The van der Waals surface area contributed by atoms with Gasteiger partial charge in [0.15, 0.2) is 0 Å². The van der Waals surface area contributed by atoms with Crippen LogP contribution >= 0.6 is 23.2 Å². The number of nitrogens with two attached hydrogens (primary N) is 1. The van der Waals surface area contributed by atoms with Crippen molar-refractivity contribution < 1.29 is 14.8 Å². The van der Waals surface area contributed by atoms with Gasteiger partial charge in [0.1, 0.15) is 0 Å². The summed E-state index contributed by atoms with van der Waals surface area (Å²) in [5, 5.41) is 5.87. The first-order chi connectivity index (χ1) is 13.9. The van der Waals surface area contributed by atoms with Crippen molar-refractivity contribution >= 4 is 34.8 Å². The zero-order valence-corrected chi connectivity index (χ0v) is 19.3. The number of ether oxygens (including phenoxy) is 1. The van der Waals surface area contributed by atoms with Crippen molar-refractivity contribution in [1.29, 1.82) is 0 Å². The average molecular weight is 440 g/mol. The molecule has 0 aliphatic carbocycles. The van der Waals surface area contributed by atoms with Crippen LogP contribution in [0.2, 0.25) is 10.0 Å². The van der Waals surface area contributed by atoms with Crippen LogP contribution in [0.25, 0.3) is 0 Å². The van der Waals surface area contributed by atoms with Crippen molar-refractivity contribution in [1.82, 2.24) is 0 Å². The van der Waals surface area contributed by atoms with Gasteiger partial charge in [0.05, 0.1) is 36.3 Å². The number of carbonyl (C=O) groups excluding carboxylic acids is 1. The maximum Gasteiger partial charge on any atom is 0.255 e. The van der Waals surface area contributed by atoms with Crippen molar-refractivity contribution in [2.24, 2.45) is 0 Å². The van der Waals surface area contributed by atoms with Gasteiger partial charge in [0.2, 0.25) is 0 Å². The summed E-state index contributed by atoms with van der Waals surface area (Å²) < 4.78 is 5.18. The molecule has 1 amide bonds. The first kappa shape index (κ1) is 25.4. The molecule has 2 aromatic rings. The summed E-state index contributed by atoms with van der Waals surface area (Å²) in [6.07, 6.45) is 3.72. The molecule has 0 saturated carbocycles. The number of carbonyl (C=O) groups is 1. The molecule has 0 atom stereocenters. The van der Waals surface area contributed by atoms with E-state index in [1.165, 1.54) is 19.3 Å². The molecule has 0 aromatic heterocycles. The maximum absolute atomic E-state index is 11.9. The van der Waals surface area contributed by atoms with Crippen LogP contribution < -0.4 is 10.6 Å². The fraction of sp³-hybridized carbons (Fsp3) is 0.435. The number of hydrogen-bond acceptors (Lipinski definition) is 2. The van der Waals surface area contributed by atoms with E-state index in [0.717, 1.165) is 30.5 Å². The molecule has 6 heteroatoms. The number of nitrogens with one attached hydrogen (secondary N) is 1. The topological polar surface area (TPSA) is 54.9 Å². The quantitative estimate of drug-likeness (QED) is 0.678. The average Bonchev–Trinajstić information content (AvgIpc) is 2.73. The summed E-state index contributed by atoms with van der Waals surface area (Å²) in [7, 11) is 2.13. The molecule has 3 N–H and O–H groups in total. The number of benzene rings is 2. The Bertz CT molecular complexity index is 730. The van der Waals surface area contributed by atoms with Gasteiger partial charge in [-0.05, 0) is 37.3 Å². The van der Waals surface area contributed by atoms with Crippen molar-refractivity contribution in [2.75, 3.05) is 25.6 Å². The monoisotopic (exact) mass is 439 g/mol. The lowest BCUT2D eigenvalue weighted by atomic mass is 10.1. The third kappa shape index (κ3) is 10.1. The van der Waals surface area contributed by atoms with Gasteiger partial charge in [-0.1, -0.05) is 61.2 Å². The maximum atomic E-state index is 11.9. The highest BCUT2D eigenvalue weighted by Crippen LogP contribution is 2.23. The van der Waals surface area contributed by atoms with Crippen molar-refractivity contribution in [3.63, 3.8) is 0 Å². The highest BCUT2D eigenvalue weighted by atomic mass is 35.5. The zero-order valence-electron chi connectivity index (χ0n) is 17.8. The number of quaternary nitrogens is 1. The van der Waals surface area contributed by atoms with E-state index in [9.17, 15) is 4.79 Å². The van der Waals surface area contributed by atoms with Crippen molar-refractivity contribution in [2.45, 2.75) is 46.1 Å². The summed E-state index contributed by atoms with van der Waals surface area (Å²) in [6, 6.07) is 13.2. The van der Waals surface area contributed by atoms with Crippen LogP contribution in [-0.2, 0) is 4.74 Å². The minimum absolute atomic E-state index is 0.211. The molecule has 0 radical (unpaired) electrons. The molecule has 1 aliphatic rings. The van der Waals surface area contributed by atoms with Crippen LogP contribution in [0, 0.1) is 6.92 Å². The van der Waals surface area contributed by atoms with Gasteiger partial charge < -0.3 is 15.4 Å². The second-order valence-corrected chi connectivity index (χ2v) is 7.75. The predicted molar refractivity (Wildman–Crippen MR) is 123 cm³/mol. The van der Waals surface area contributed by atoms with E-state index in [1.807, 2.05) is 31.2 Å². The first-order valence-corrected chi connectivity index (χ1v) is 10.9. The molecule has 1 fully saturated rings. The standard InChI is InChI=1S/C14H11Cl2NO.C6H13NO.C3H8/c1-9-2-5-11(6-3-9)17-14(18)10-4-7-12(15)13(16)8-10;1-7-6-2-4-8-5-3-6;1-3-2/h2-8H,1H3,(H,17,18);6-7H,2-5H2,1H3;3H2,1-2H3/p+1. The van der Waals surface area contributed by atoms with E-state index in [2.05, 4.69) is 31.5 Å². The molecule has 0 bridgehead atoms. The van der Waals surface area contributed by atoms with Crippen LogP contribution in [0.4, 0.5) is 5.69 Å². The van der Waals surface area contributed by atoms with Gasteiger partial charge in [-0.15, -0.1) is 0 Å². The molecule has 4 nitrogen and oxygen atoms in total. The van der Waals surface area contributed by atoms with Gasteiger partial charge in [-0.25, -0.2) is 0 Å². The van der Waals surface area contributed by atoms with Crippen LogP contribution in [0.5, 0.6) is 0 Å². The Morgan fingerprint density at radius 3 is 2.14 bits per heavy atom. The summed E-state index contributed by atoms with van der Waals surface area (Å²) in [5.74, 6) is -0.211. The Morgan fingerprint density at radius 2 is 1.66 bits per heavy atom. The number of halogens is 2. The van der Waals surface area contributed by atoms with Gasteiger partial charge in [-0.2, -0.15) is 0 Å². The van der Waals surface area contributed by atoms with Crippen LogP contribution in [0.1, 0.15) is 49.0 Å². The van der Waals surface area contributed by atoms with Crippen molar-refractivity contribution in [3.8, 4) is 0 Å². The minimum atomic E-state index is -0.211. The summed E-state index contributed by atoms with van der Waals surface area (Å²) in [5.41, 5.74) is 2.36. The number of hydrogen-bond donors (Lipinski definition) is 2. The highest BCUT2D eigenvalue weighted by molar-refractivity contribution is 6.42. The van der Waals surface area contributed by atoms with Gasteiger partial charge >= 0.3 is 0 Å². The predicted octanol–water partition coefficient (Wildman–Crippen LogP) is 5.33. The SMILES string of the molecule is CCC.C[NH2+]C1CCOCC1.Cc1ccc(NC(=O)c2ccc(Cl)c(Cl)c2)cc1. The van der Waals surface area contributed by atoms with Gasteiger partial charge in [0.25, 0.3) is 5.91 Å². The molecule has 2 aromatic carbocycles. The third-order valence-corrected chi connectivity index (χ3v) is 4.97. The lowest BCUT2D eigenvalue weighted by molar-refractivity contribution is -0.667. The largest absolute Gasteiger partial charge is 0.381 e. The summed E-state index contributed by atoms with van der Waals surface area (Å²) in [4.78, 5) is 11.9. The molecule has 160 valence electrons. The van der Waals surface area contributed by atoms with E-state index >= 15 is 0 Å². The summed E-state index contributed by atoms with van der Waals surface area (Å²) in [6.45, 7) is 8.18. The lowest BCUT2D eigenvalue weighted by Gasteiger charge is -2.17. The Labute approximate surface area is 184 Å². The highest BCUT2D eigenvalue weighted by Gasteiger charge is 2.13. The fourth-order valence-electron chi connectivity index (χ4n) is 2.53. The molecule has 29 heavy (non-hydrogen) atoms. The smallest absolute Gasteiger partial charge is 0.255 e. The molecule has 1 heterocycles. The number of aryl methyl sites for hydroxylation is 1. The van der Waals surface area contributed by atoms with Crippen LogP contribution in [0.3, 0.4) is 0 Å². The Morgan fingerprint density at radius 1 is 1.07 bits per heavy atom. The minimum Gasteiger partial charge on any atom is -0.381 e. The van der Waals surface area contributed by atoms with E-state index in [4.69, 9.17) is 27.9 Å². The number of anilines is 1. The molecule has 3 rings (SSSR count). The van der Waals surface area contributed by atoms with Gasteiger partial charge in [-0.3, -0.25) is 4.79 Å². The molecule has 1 aliphatic heterocycles. The normalized spacial score (nSPS) is 13.4. The van der Waals surface area contributed by atoms with Crippen LogP contribution in [-0.4, -0.2) is 32.2 Å². The molecule has 0 spiro atoms. The number of rotatable bonds is 3. The Kier molecular flexibility index (Phi) is 12.6. The zero-order chi connectivity index (χ0) is 21.6. The second-order valence-electron chi connectivity index (χ2n) is 6.94. The van der Waals surface area contributed by atoms with E-state index in [0.29, 0.717) is 15.6 Å². The molecule has 0 unspecified atom stereocenters.